The van der Waals surface area contributed by atoms with Crippen LogP contribution in [0, 0.1) is 13.8 Å². The van der Waals surface area contributed by atoms with Gasteiger partial charge in [0.1, 0.15) is 5.75 Å². The van der Waals surface area contributed by atoms with E-state index in [1.54, 1.807) is 12.5 Å². The van der Waals surface area contributed by atoms with Gasteiger partial charge in [0, 0.05) is 25.5 Å². The van der Waals surface area contributed by atoms with Crippen molar-refractivity contribution in [3.05, 3.63) is 48.0 Å². The van der Waals surface area contributed by atoms with Crippen LogP contribution in [0.3, 0.4) is 0 Å². The Morgan fingerprint density at radius 2 is 2.17 bits per heavy atom. The number of aryl methyl sites for hydroxylation is 3. The van der Waals surface area contributed by atoms with Crippen LogP contribution in [0.25, 0.3) is 0 Å². The third kappa shape index (κ3) is 5.13. The molecular weight excluding hydrogens is 290 g/mol. The highest BCUT2D eigenvalue weighted by atomic mass is 16.5. The second kappa shape index (κ2) is 8.36. The molecule has 124 valence electrons. The second-order valence-corrected chi connectivity index (χ2v) is 5.71. The molecule has 2 aromatic rings. The van der Waals surface area contributed by atoms with Crippen LogP contribution in [0.1, 0.15) is 30.9 Å². The van der Waals surface area contributed by atoms with Crippen LogP contribution in [0.4, 0.5) is 0 Å². The molecule has 0 bridgehead atoms. The predicted octanol–water partition coefficient (Wildman–Crippen LogP) is 2.86. The van der Waals surface area contributed by atoms with Crippen LogP contribution < -0.4 is 10.1 Å². The van der Waals surface area contributed by atoms with Gasteiger partial charge in [0.25, 0.3) is 5.91 Å². The Bertz CT molecular complexity index is 623. The standard InChI is InChI=1S/C18H25N3O2/c1-4-17(23-16-7-6-14(2)15(3)12-16)18(22)20-8-5-10-21-11-9-19-13-21/h6-7,9,11-13,17H,4-5,8,10H2,1-3H3,(H,20,22)/t17-/m0/s1. The SMILES string of the molecule is CC[C@H](Oc1ccc(C)c(C)c1)C(=O)NCCCn1ccnc1. The number of amides is 1. The molecule has 5 heteroatoms. The third-order valence-electron chi connectivity index (χ3n) is 3.87. The van der Waals surface area contributed by atoms with Gasteiger partial charge in [0.2, 0.25) is 0 Å². The van der Waals surface area contributed by atoms with E-state index in [0.717, 1.165) is 24.3 Å². The largest absolute Gasteiger partial charge is 0.481 e. The van der Waals surface area contributed by atoms with Gasteiger partial charge in [0.15, 0.2) is 6.10 Å². The Kier molecular flexibility index (Phi) is 6.20. The van der Waals surface area contributed by atoms with Crippen molar-refractivity contribution in [3.8, 4) is 5.75 Å². The molecule has 0 saturated carbocycles. The molecule has 1 atom stereocenters. The first-order chi connectivity index (χ1) is 11.1. The number of nitrogens with zero attached hydrogens (tertiary/aromatic N) is 2. The van der Waals surface area contributed by atoms with Crippen molar-refractivity contribution in [2.75, 3.05) is 6.54 Å². The van der Waals surface area contributed by atoms with Gasteiger partial charge in [-0.25, -0.2) is 4.98 Å². The summed E-state index contributed by atoms with van der Waals surface area (Å²) in [4.78, 5) is 16.2. The van der Waals surface area contributed by atoms with E-state index in [1.807, 2.05) is 42.8 Å². The molecule has 2 rings (SSSR count). The molecule has 0 aliphatic heterocycles. The lowest BCUT2D eigenvalue weighted by atomic mass is 10.1. The van der Waals surface area contributed by atoms with Gasteiger partial charge in [-0.3, -0.25) is 4.79 Å². The maximum Gasteiger partial charge on any atom is 0.261 e. The van der Waals surface area contributed by atoms with Crippen LogP contribution in [0.15, 0.2) is 36.9 Å². The highest BCUT2D eigenvalue weighted by Gasteiger charge is 2.17. The summed E-state index contributed by atoms with van der Waals surface area (Å²) in [6.07, 6.45) is 6.50. The Hall–Kier alpha value is -2.30. The van der Waals surface area contributed by atoms with E-state index >= 15 is 0 Å². The minimum absolute atomic E-state index is 0.0589. The number of hydrogen-bond donors (Lipinski definition) is 1. The number of benzene rings is 1. The minimum atomic E-state index is -0.453. The number of carbonyl (C=O) groups excluding carboxylic acids is 1. The Labute approximate surface area is 137 Å². The van der Waals surface area contributed by atoms with Crippen LogP contribution in [-0.4, -0.2) is 28.1 Å². The normalized spacial score (nSPS) is 12.0. The van der Waals surface area contributed by atoms with Crippen LogP contribution in [0.2, 0.25) is 0 Å². The number of carbonyl (C=O) groups is 1. The van der Waals surface area contributed by atoms with E-state index in [1.165, 1.54) is 5.56 Å². The lowest BCUT2D eigenvalue weighted by Crippen LogP contribution is -2.38. The van der Waals surface area contributed by atoms with Crippen molar-refractivity contribution >= 4 is 5.91 Å². The summed E-state index contributed by atoms with van der Waals surface area (Å²) in [6.45, 7) is 7.53. The van der Waals surface area contributed by atoms with E-state index in [0.29, 0.717) is 13.0 Å². The average molecular weight is 315 g/mol. The summed E-state index contributed by atoms with van der Waals surface area (Å²) >= 11 is 0. The summed E-state index contributed by atoms with van der Waals surface area (Å²) in [5, 5.41) is 2.94. The van der Waals surface area contributed by atoms with Crippen molar-refractivity contribution in [3.63, 3.8) is 0 Å². The van der Waals surface area contributed by atoms with E-state index in [9.17, 15) is 4.79 Å². The fourth-order valence-corrected chi connectivity index (χ4v) is 2.28. The highest BCUT2D eigenvalue weighted by molar-refractivity contribution is 5.81. The summed E-state index contributed by atoms with van der Waals surface area (Å²) in [7, 11) is 0. The molecular formula is C18H25N3O2. The number of hydrogen-bond acceptors (Lipinski definition) is 3. The molecule has 1 aromatic carbocycles. The molecule has 1 heterocycles. The van der Waals surface area contributed by atoms with E-state index in [-0.39, 0.29) is 5.91 Å². The zero-order valence-electron chi connectivity index (χ0n) is 14.1. The zero-order valence-corrected chi connectivity index (χ0v) is 14.1. The van der Waals surface area contributed by atoms with Crippen molar-refractivity contribution < 1.29 is 9.53 Å². The molecule has 1 amide bonds. The fraction of sp³-hybridized carbons (Fsp3) is 0.444. The quantitative estimate of drug-likeness (QED) is 0.762. The summed E-state index contributed by atoms with van der Waals surface area (Å²) in [6, 6.07) is 5.90. The summed E-state index contributed by atoms with van der Waals surface area (Å²) in [5.41, 5.74) is 2.38. The number of imidazole rings is 1. The average Bonchev–Trinajstić information content (AvgIpc) is 3.05. The van der Waals surface area contributed by atoms with Crippen molar-refractivity contribution in [1.29, 1.82) is 0 Å². The molecule has 0 fully saturated rings. The number of rotatable bonds is 8. The first-order valence-corrected chi connectivity index (χ1v) is 8.07. The zero-order chi connectivity index (χ0) is 16.7. The Balaban J connectivity index is 1.79. The lowest BCUT2D eigenvalue weighted by molar-refractivity contribution is -0.128. The van der Waals surface area contributed by atoms with Crippen molar-refractivity contribution in [2.24, 2.45) is 0 Å². The van der Waals surface area contributed by atoms with E-state index in [4.69, 9.17) is 4.74 Å². The highest BCUT2D eigenvalue weighted by Crippen LogP contribution is 2.18. The monoisotopic (exact) mass is 315 g/mol. The molecule has 0 unspecified atom stereocenters. The molecule has 0 saturated heterocycles. The second-order valence-electron chi connectivity index (χ2n) is 5.71. The number of ether oxygens (including phenoxy) is 1. The van der Waals surface area contributed by atoms with Gasteiger partial charge in [-0.05, 0) is 49.9 Å². The van der Waals surface area contributed by atoms with Gasteiger partial charge in [-0.15, -0.1) is 0 Å². The van der Waals surface area contributed by atoms with Crippen LogP contribution in [0.5, 0.6) is 5.75 Å². The number of aromatic nitrogens is 2. The predicted molar refractivity (Wildman–Crippen MR) is 90.5 cm³/mol. The maximum atomic E-state index is 12.2. The van der Waals surface area contributed by atoms with Crippen LogP contribution in [-0.2, 0) is 11.3 Å². The first kappa shape index (κ1) is 17.1. The molecule has 0 radical (unpaired) electrons. The fourth-order valence-electron chi connectivity index (χ4n) is 2.28. The van der Waals surface area contributed by atoms with Gasteiger partial charge in [-0.2, -0.15) is 0 Å². The Morgan fingerprint density at radius 1 is 1.35 bits per heavy atom. The molecule has 0 aliphatic carbocycles. The van der Waals surface area contributed by atoms with Crippen molar-refractivity contribution in [2.45, 2.75) is 46.3 Å². The molecule has 0 aliphatic rings. The van der Waals surface area contributed by atoms with Gasteiger partial charge in [0.05, 0.1) is 6.33 Å². The Morgan fingerprint density at radius 3 is 2.83 bits per heavy atom. The van der Waals surface area contributed by atoms with E-state index in [2.05, 4.69) is 17.2 Å². The van der Waals surface area contributed by atoms with E-state index < -0.39 is 6.10 Å². The van der Waals surface area contributed by atoms with Gasteiger partial charge >= 0.3 is 0 Å². The molecule has 23 heavy (non-hydrogen) atoms. The molecule has 0 spiro atoms. The van der Waals surface area contributed by atoms with Gasteiger partial charge < -0.3 is 14.6 Å². The van der Waals surface area contributed by atoms with Crippen LogP contribution >= 0.6 is 0 Å². The minimum Gasteiger partial charge on any atom is -0.481 e. The topological polar surface area (TPSA) is 56.1 Å². The summed E-state index contributed by atoms with van der Waals surface area (Å²) < 4.78 is 7.83. The maximum absolute atomic E-state index is 12.2. The molecule has 1 N–H and O–H groups in total. The third-order valence-corrected chi connectivity index (χ3v) is 3.87. The summed E-state index contributed by atoms with van der Waals surface area (Å²) in [5.74, 6) is 0.685. The number of nitrogens with one attached hydrogen (secondary N) is 1. The lowest BCUT2D eigenvalue weighted by Gasteiger charge is -2.18. The molecule has 5 nitrogen and oxygen atoms in total. The molecule has 1 aromatic heterocycles. The smallest absolute Gasteiger partial charge is 0.261 e. The van der Waals surface area contributed by atoms with Gasteiger partial charge in [-0.1, -0.05) is 13.0 Å². The first-order valence-electron chi connectivity index (χ1n) is 8.07. The van der Waals surface area contributed by atoms with Crippen molar-refractivity contribution in [1.82, 2.24) is 14.9 Å².